The number of fused-ring (bicyclic) bond motifs is 1. The third kappa shape index (κ3) is 2.34. The molecule has 0 amide bonds. The number of nitrogens with zero attached hydrogens (tertiary/aromatic N) is 1. The van der Waals surface area contributed by atoms with Crippen LogP contribution in [0.4, 0.5) is 4.39 Å². The maximum absolute atomic E-state index is 13.2. The van der Waals surface area contributed by atoms with Crippen molar-refractivity contribution in [3.05, 3.63) is 34.1 Å². The van der Waals surface area contributed by atoms with Crippen molar-refractivity contribution in [2.24, 2.45) is 11.8 Å². The maximum atomic E-state index is 13.2. The summed E-state index contributed by atoms with van der Waals surface area (Å²) in [7, 11) is 0. The Balaban J connectivity index is 1.82. The molecule has 0 bridgehead atoms. The molecule has 4 heteroatoms. The topological polar surface area (TPSA) is 15.3 Å². The van der Waals surface area contributed by atoms with E-state index in [0.29, 0.717) is 12.1 Å². The first-order chi connectivity index (χ1) is 9.08. The van der Waals surface area contributed by atoms with E-state index in [-0.39, 0.29) is 5.82 Å². The number of hydrogen-bond donors (Lipinski definition) is 1. The van der Waals surface area contributed by atoms with Gasteiger partial charge in [0.2, 0.25) is 0 Å². The standard InChI is InChI=1S/C15H20BrFN2/c1-9(13-4-3-12(17)5-15(13)16)19-8-11-6-18-7-14(11)10(19)2/h3-5,9-11,14,18H,6-8H2,1-2H3. The lowest BCUT2D eigenvalue weighted by Crippen LogP contribution is -2.35. The van der Waals surface area contributed by atoms with E-state index in [2.05, 4.69) is 40.0 Å². The highest BCUT2D eigenvalue weighted by molar-refractivity contribution is 9.10. The van der Waals surface area contributed by atoms with Crippen molar-refractivity contribution >= 4 is 15.9 Å². The number of hydrogen-bond acceptors (Lipinski definition) is 2. The average molecular weight is 327 g/mol. The Morgan fingerprint density at radius 1 is 1.42 bits per heavy atom. The fourth-order valence-corrected chi connectivity index (χ4v) is 4.41. The molecule has 2 aliphatic heterocycles. The fourth-order valence-electron chi connectivity index (χ4n) is 3.73. The van der Waals surface area contributed by atoms with E-state index in [4.69, 9.17) is 0 Å². The molecule has 0 saturated carbocycles. The lowest BCUT2D eigenvalue weighted by Gasteiger charge is -2.31. The summed E-state index contributed by atoms with van der Waals surface area (Å²) in [6.07, 6.45) is 0. The lowest BCUT2D eigenvalue weighted by molar-refractivity contribution is 0.182. The van der Waals surface area contributed by atoms with Gasteiger partial charge in [0.1, 0.15) is 5.82 Å². The monoisotopic (exact) mass is 326 g/mol. The number of benzene rings is 1. The smallest absolute Gasteiger partial charge is 0.124 e. The molecule has 2 fully saturated rings. The molecular weight excluding hydrogens is 307 g/mol. The van der Waals surface area contributed by atoms with Crippen molar-refractivity contribution in [1.82, 2.24) is 10.2 Å². The van der Waals surface area contributed by atoms with Crippen LogP contribution in [0, 0.1) is 17.7 Å². The molecule has 2 nitrogen and oxygen atoms in total. The van der Waals surface area contributed by atoms with Gasteiger partial charge in [0.15, 0.2) is 0 Å². The molecule has 3 rings (SSSR count). The van der Waals surface area contributed by atoms with Gasteiger partial charge in [-0.3, -0.25) is 4.90 Å². The normalized spacial score (nSPS) is 32.5. The van der Waals surface area contributed by atoms with E-state index in [0.717, 1.165) is 35.9 Å². The molecule has 2 heterocycles. The van der Waals surface area contributed by atoms with Crippen molar-refractivity contribution in [2.45, 2.75) is 25.9 Å². The Kier molecular flexibility index (Phi) is 3.67. The fraction of sp³-hybridized carbons (Fsp3) is 0.600. The zero-order chi connectivity index (χ0) is 13.6. The highest BCUT2D eigenvalue weighted by Crippen LogP contribution is 2.39. The van der Waals surface area contributed by atoms with Gasteiger partial charge in [0.05, 0.1) is 0 Å². The van der Waals surface area contributed by atoms with Crippen molar-refractivity contribution < 1.29 is 4.39 Å². The van der Waals surface area contributed by atoms with Crippen molar-refractivity contribution in [3.8, 4) is 0 Å². The van der Waals surface area contributed by atoms with Gasteiger partial charge >= 0.3 is 0 Å². The summed E-state index contributed by atoms with van der Waals surface area (Å²) in [5, 5.41) is 3.49. The Labute approximate surface area is 122 Å². The van der Waals surface area contributed by atoms with Crippen LogP contribution in [0.1, 0.15) is 25.5 Å². The number of halogens is 2. The van der Waals surface area contributed by atoms with Gasteiger partial charge in [0.25, 0.3) is 0 Å². The second-order valence-electron chi connectivity index (χ2n) is 5.86. The van der Waals surface area contributed by atoms with Crippen LogP contribution in [-0.2, 0) is 0 Å². The largest absolute Gasteiger partial charge is 0.316 e. The molecule has 0 aromatic heterocycles. The summed E-state index contributed by atoms with van der Waals surface area (Å²) >= 11 is 3.50. The van der Waals surface area contributed by atoms with Crippen LogP contribution in [0.25, 0.3) is 0 Å². The van der Waals surface area contributed by atoms with E-state index in [9.17, 15) is 4.39 Å². The summed E-state index contributed by atoms with van der Waals surface area (Å²) in [5.74, 6) is 1.36. The molecule has 1 N–H and O–H groups in total. The second-order valence-corrected chi connectivity index (χ2v) is 6.72. The second kappa shape index (κ2) is 5.15. The molecule has 0 radical (unpaired) electrons. The van der Waals surface area contributed by atoms with Gasteiger partial charge in [-0.2, -0.15) is 0 Å². The molecule has 4 atom stereocenters. The van der Waals surface area contributed by atoms with E-state index in [1.165, 1.54) is 5.56 Å². The van der Waals surface area contributed by atoms with Gasteiger partial charge in [-0.15, -0.1) is 0 Å². The predicted octanol–water partition coefficient (Wildman–Crippen LogP) is 3.19. The van der Waals surface area contributed by atoms with E-state index in [1.807, 2.05) is 6.07 Å². The van der Waals surface area contributed by atoms with Gasteiger partial charge in [0, 0.05) is 23.1 Å². The molecule has 2 aliphatic rings. The first kappa shape index (κ1) is 13.5. The van der Waals surface area contributed by atoms with Gasteiger partial charge in [-0.1, -0.05) is 22.0 Å². The lowest BCUT2D eigenvalue weighted by atomic mass is 9.95. The highest BCUT2D eigenvalue weighted by atomic mass is 79.9. The van der Waals surface area contributed by atoms with Crippen LogP contribution in [0.3, 0.4) is 0 Å². The van der Waals surface area contributed by atoms with Crippen LogP contribution < -0.4 is 5.32 Å². The summed E-state index contributed by atoms with van der Waals surface area (Å²) in [4.78, 5) is 2.56. The van der Waals surface area contributed by atoms with Crippen LogP contribution in [0.2, 0.25) is 0 Å². The summed E-state index contributed by atoms with van der Waals surface area (Å²) in [6, 6.07) is 5.94. The van der Waals surface area contributed by atoms with Crippen molar-refractivity contribution in [3.63, 3.8) is 0 Å². The molecule has 104 valence electrons. The number of rotatable bonds is 2. The highest BCUT2D eigenvalue weighted by Gasteiger charge is 2.43. The molecule has 1 aromatic rings. The Bertz CT molecular complexity index is 479. The first-order valence-electron chi connectivity index (χ1n) is 6.99. The van der Waals surface area contributed by atoms with Crippen molar-refractivity contribution in [1.29, 1.82) is 0 Å². The molecule has 0 aliphatic carbocycles. The van der Waals surface area contributed by atoms with Crippen LogP contribution in [-0.4, -0.2) is 30.6 Å². The Morgan fingerprint density at radius 3 is 2.89 bits per heavy atom. The third-order valence-electron chi connectivity index (χ3n) is 4.89. The molecule has 1 aromatic carbocycles. The molecule has 0 spiro atoms. The average Bonchev–Trinajstić information content (AvgIpc) is 2.92. The zero-order valence-corrected chi connectivity index (χ0v) is 13.0. The Hall–Kier alpha value is -0.450. The van der Waals surface area contributed by atoms with Crippen LogP contribution >= 0.6 is 15.9 Å². The minimum absolute atomic E-state index is 0.182. The SMILES string of the molecule is CC(c1ccc(F)cc1Br)N1CC2CNCC2C1C. The quantitative estimate of drug-likeness (QED) is 0.897. The van der Waals surface area contributed by atoms with Gasteiger partial charge < -0.3 is 5.32 Å². The minimum atomic E-state index is -0.182. The van der Waals surface area contributed by atoms with E-state index >= 15 is 0 Å². The number of likely N-dealkylation sites (tertiary alicyclic amines) is 1. The van der Waals surface area contributed by atoms with Crippen molar-refractivity contribution in [2.75, 3.05) is 19.6 Å². The van der Waals surface area contributed by atoms with Crippen LogP contribution in [0.5, 0.6) is 0 Å². The van der Waals surface area contributed by atoms with E-state index < -0.39 is 0 Å². The third-order valence-corrected chi connectivity index (χ3v) is 5.58. The maximum Gasteiger partial charge on any atom is 0.124 e. The van der Waals surface area contributed by atoms with Crippen LogP contribution in [0.15, 0.2) is 22.7 Å². The first-order valence-corrected chi connectivity index (χ1v) is 7.78. The van der Waals surface area contributed by atoms with Gasteiger partial charge in [-0.25, -0.2) is 4.39 Å². The molecular formula is C15H20BrFN2. The van der Waals surface area contributed by atoms with E-state index in [1.54, 1.807) is 12.1 Å². The summed E-state index contributed by atoms with van der Waals surface area (Å²) in [6.45, 7) is 7.97. The zero-order valence-electron chi connectivity index (χ0n) is 11.4. The number of nitrogens with one attached hydrogen (secondary N) is 1. The molecule has 4 unspecified atom stereocenters. The Morgan fingerprint density at radius 2 is 2.21 bits per heavy atom. The summed E-state index contributed by atoms with van der Waals surface area (Å²) in [5.41, 5.74) is 1.18. The van der Waals surface area contributed by atoms with Gasteiger partial charge in [-0.05, 0) is 56.5 Å². The summed E-state index contributed by atoms with van der Waals surface area (Å²) < 4.78 is 14.1. The minimum Gasteiger partial charge on any atom is -0.316 e. The predicted molar refractivity (Wildman–Crippen MR) is 78.5 cm³/mol. The molecule has 19 heavy (non-hydrogen) atoms. The molecule has 2 saturated heterocycles.